The van der Waals surface area contributed by atoms with Gasteiger partial charge >= 0.3 is 0 Å². The molecule has 0 saturated carbocycles. The molecule has 0 aliphatic carbocycles. The highest BCUT2D eigenvalue weighted by molar-refractivity contribution is 7.92. The molecule has 0 fully saturated rings. The molecule has 0 saturated heterocycles. The summed E-state index contributed by atoms with van der Waals surface area (Å²) in [6.07, 6.45) is 6.99. The van der Waals surface area contributed by atoms with Crippen molar-refractivity contribution >= 4 is 21.7 Å². The van der Waals surface area contributed by atoms with Crippen molar-refractivity contribution in [3.8, 4) is 0 Å². The second-order valence-corrected chi connectivity index (χ2v) is 6.43. The highest BCUT2D eigenvalue weighted by atomic mass is 32.2. The summed E-state index contributed by atoms with van der Waals surface area (Å²) in [4.78, 5) is 0. The Morgan fingerprint density at radius 3 is 2.77 bits per heavy atom. The standard InChI is InChI=1S/C15H16N4O2S/c20-22(21,13-7-14-4-2-1-3-5-14)17-9-10-18-11-12-19-15(18)6-8-16-19/h1-8,11-13,17H,9-10H2/b13-7+. The zero-order valence-corrected chi connectivity index (χ0v) is 12.6. The van der Waals surface area contributed by atoms with Crippen molar-refractivity contribution in [2.24, 2.45) is 0 Å². The summed E-state index contributed by atoms with van der Waals surface area (Å²) < 4.78 is 30.1. The van der Waals surface area contributed by atoms with Gasteiger partial charge in [-0.15, -0.1) is 0 Å². The van der Waals surface area contributed by atoms with Crippen molar-refractivity contribution in [2.45, 2.75) is 6.54 Å². The minimum Gasteiger partial charge on any atom is -0.330 e. The molecule has 2 heterocycles. The first-order chi connectivity index (χ1) is 10.6. The molecule has 0 aliphatic rings. The van der Waals surface area contributed by atoms with Crippen molar-refractivity contribution in [1.29, 1.82) is 0 Å². The Morgan fingerprint density at radius 2 is 1.95 bits per heavy atom. The zero-order chi connectivity index (χ0) is 15.4. The van der Waals surface area contributed by atoms with Gasteiger partial charge < -0.3 is 4.57 Å². The Hall–Kier alpha value is -2.38. The molecule has 0 unspecified atom stereocenters. The minimum atomic E-state index is -3.44. The van der Waals surface area contributed by atoms with Crippen LogP contribution >= 0.6 is 0 Å². The highest BCUT2D eigenvalue weighted by Crippen LogP contribution is 2.04. The molecule has 0 bridgehead atoms. The van der Waals surface area contributed by atoms with Crippen LogP contribution in [0.4, 0.5) is 0 Å². The van der Waals surface area contributed by atoms with Crippen LogP contribution in [-0.4, -0.2) is 29.1 Å². The summed E-state index contributed by atoms with van der Waals surface area (Å²) in [7, 11) is -3.44. The predicted octanol–water partition coefficient (Wildman–Crippen LogP) is 1.73. The quantitative estimate of drug-likeness (QED) is 0.753. The molecule has 114 valence electrons. The third-order valence-corrected chi connectivity index (χ3v) is 4.33. The smallest absolute Gasteiger partial charge is 0.233 e. The number of nitrogens with one attached hydrogen (secondary N) is 1. The number of imidazole rings is 1. The number of hydrogen-bond donors (Lipinski definition) is 1. The van der Waals surface area contributed by atoms with Crippen LogP contribution in [0, 0.1) is 0 Å². The first kappa shape index (κ1) is 14.6. The van der Waals surface area contributed by atoms with E-state index in [1.165, 1.54) is 5.41 Å². The molecule has 6 nitrogen and oxygen atoms in total. The number of rotatable bonds is 6. The van der Waals surface area contributed by atoms with Crippen LogP contribution in [0.15, 0.2) is 60.4 Å². The molecule has 3 rings (SSSR count). The van der Waals surface area contributed by atoms with Crippen LogP contribution in [0.2, 0.25) is 0 Å². The van der Waals surface area contributed by atoms with Crippen molar-refractivity contribution in [2.75, 3.05) is 6.54 Å². The molecule has 2 aromatic heterocycles. The first-order valence-electron chi connectivity index (χ1n) is 6.85. The Balaban J connectivity index is 1.58. The fourth-order valence-corrected chi connectivity index (χ4v) is 2.96. The number of aromatic nitrogens is 3. The van der Waals surface area contributed by atoms with Crippen LogP contribution in [0.3, 0.4) is 0 Å². The monoisotopic (exact) mass is 316 g/mol. The summed E-state index contributed by atoms with van der Waals surface area (Å²) in [5, 5.41) is 5.29. The van der Waals surface area contributed by atoms with E-state index in [9.17, 15) is 8.42 Å². The third-order valence-electron chi connectivity index (χ3n) is 3.23. The topological polar surface area (TPSA) is 68.4 Å². The van der Waals surface area contributed by atoms with Gasteiger partial charge in [-0.3, -0.25) is 0 Å². The highest BCUT2D eigenvalue weighted by Gasteiger charge is 2.05. The van der Waals surface area contributed by atoms with E-state index in [1.807, 2.05) is 53.4 Å². The number of fused-ring (bicyclic) bond motifs is 1. The van der Waals surface area contributed by atoms with Crippen LogP contribution in [0.5, 0.6) is 0 Å². The number of benzene rings is 1. The van der Waals surface area contributed by atoms with E-state index in [0.717, 1.165) is 11.2 Å². The number of sulfonamides is 1. The molecule has 0 atom stereocenters. The minimum absolute atomic E-state index is 0.316. The zero-order valence-electron chi connectivity index (χ0n) is 11.8. The molecule has 7 heteroatoms. The second kappa shape index (κ2) is 6.17. The lowest BCUT2D eigenvalue weighted by molar-refractivity contribution is 0.583. The van der Waals surface area contributed by atoms with E-state index in [1.54, 1.807) is 16.8 Å². The maximum atomic E-state index is 11.9. The van der Waals surface area contributed by atoms with Gasteiger partial charge in [-0.1, -0.05) is 30.3 Å². The molecule has 22 heavy (non-hydrogen) atoms. The summed E-state index contributed by atoms with van der Waals surface area (Å²) >= 11 is 0. The summed E-state index contributed by atoms with van der Waals surface area (Å²) in [5.41, 5.74) is 1.78. The molecule has 0 amide bonds. The number of nitrogens with zero attached hydrogens (tertiary/aromatic N) is 3. The Labute approximate surface area is 128 Å². The molecule has 1 N–H and O–H groups in total. The van der Waals surface area contributed by atoms with E-state index in [0.29, 0.717) is 13.1 Å². The van der Waals surface area contributed by atoms with E-state index >= 15 is 0 Å². The molecular weight excluding hydrogens is 300 g/mol. The van der Waals surface area contributed by atoms with Gasteiger partial charge in [0.1, 0.15) is 5.65 Å². The molecule has 1 aromatic carbocycles. The van der Waals surface area contributed by atoms with E-state index in [4.69, 9.17) is 0 Å². The Bertz CT molecular complexity index is 879. The van der Waals surface area contributed by atoms with Crippen LogP contribution in [0.25, 0.3) is 11.7 Å². The second-order valence-electron chi connectivity index (χ2n) is 4.78. The van der Waals surface area contributed by atoms with Crippen LogP contribution in [-0.2, 0) is 16.6 Å². The fourth-order valence-electron chi connectivity index (χ4n) is 2.15. The van der Waals surface area contributed by atoms with Crippen molar-refractivity contribution in [1.82, 2.24) is 18.9 Å². The van der Waals surface area contributed by atoms with Gasteiger partial charge in [-0.05, 0) is 11.6 Å². The molecular formula is C15H16N4O2S. The number of hydrogen-bond acceptors (Lipinski definition) is 3. The van der Waals surface area contributed by atoms with Crippen molar-refractivity contribution < 1.29 is 8.42 Å². The summed E-state index contributed by atoms with van der Waals surface area (Å²) in [5.74, 6) is 0. The maximum absolute atomic E-state index is 11.9. The van der Waals surface area contributed by atoms with E-state index in [-0.39, 0.29) is 0 Å². The van der Waals surface area contributed by atoms with Crippen LogP contribution in [0.1, 0.15) is 5.56 Å². The lowest BCUT2D eigenvalue weighted by atomic mass is 10.2. The first-order valence-corrected chi connectivity index (χ1v) is 8.40. The fraction of sp³-hybridized carbons (Fsp3) is 0.133. The Morgan fingerprint density at radius 1 is 1.14 bits per heavy atom. The molecule has 0 spiro atoms. The van der Waals surface area contributed by atoms with Gasteiger partial charge in [-0.2, -0.15) is 5.10 Å². The lowest BCUT2D eigenvalue weighted by Gasteiger charge is -2.04. The van der Waals surface area contributed by atoms with Gasteiger partial charge in [-0.25, -0.2) is 17.7 Å². The van der Waals surface area contributed by atoms with Gasteiger partial charge in [0.05, 0.1) is 6.20 Å². The van der Waals surface area contributed by atoms with Crippen molar-refractivity contribution in [3.63, 3.8) is 0 Å². The van der Waals surface area contributed by atoms with Gasteiger partial charge in [0.15, 0.2) is 0 Å². The third kappa shape index (κ3) is 3.44. The summed E-state index contributed by atoms with van der Waals surface area (Å²) in [6, 6.07) is 11.2. The van der Waals surface area contributed by atoms with E-state index < -0.39 is 10.0 Å². The van der Waals surface area contributed by atoms with Gasteiger partial charge in [0, 0.05) is 37.0 Å². The van der Waals surface area contributed by atoms with E-state index in [2.05, 4.69) is 9.82 Å². The summed E-state index contributed by atoms with van der Waals surface area (Å²) in [6.45, 7) is 0.859. The lowest BCUT2D eigenvalue weighted by Crippen LogP contribution is -2.25. The van der Waals surface area contributed by atoms with Gasteiger partial charge in [0.25, 0.3) is 0 Å². The normalized spacial score (nSPS) is 12.4. The predicted molar refractivity (Wildman–Crippen MR) is 85.6 cm³/mol. The molecule has 3 aromatic rings. The average Bonchev–Trinajstić information content (AvgIpc) is 3.11. The average molecular weight is 316 g/mol. The largest absolute Gasteiger partial charge is 0.330 e. The molecule has 0 radical (unpaired) electrons. The van der Waals surface area contributed by atoms with Gasteiger partial charge in [0.2, 0.25) is 10.0 Å². The maximum Gasteiger partial charge on any atom is 0.233 e. The van der Waals surface area contributed by atoms with Crippen molar-refractivity contribution in [3.05, 3.63) is 66.0 Å². The molecule has 0 aliphatic heterocycles. The SMILES string of the molecule is O=S(=O)(/C=C/c1ccccc1)NCCn1ccn2nccc12. The Kier molecular flexibility index (Phi) is 4.08. The van der Waals surface area contributed by atoms with Crippen LogP contribution < -0.4 is 4.72 Å².